The molecule has 4 nitrogen and oxygen atoms in total. The van der Waals surface area contributed by atoms with Crippen molar-refractivity contribution in [2.24, 2.45) is 4.99 Å². The zero-order valence-corrected chi connectivity index (χ0v) is 35.5. The molecular weight excluding hydrogens is 793 g/mol. The topological polar surface area (TPSA) is 31.7 Å². The zero-order valence-electron chi connectivity index (χ0n) is 33.9. The van der Waals surface area contributed by atoms with Crippen molar-refractivity contribution >= 4 is 78.1 Å². The highest BCUT2D eigenvalue weighted by Gasteiger charge is 2.28. The molecule has 6 heteroatoms. The lowest BCUT2D eigenvalue weighted by atomic mass is 9.88. The SMILES string of the molecule is C1=CC2N=C(c3ccc(N(c4ccccc4)c4ccc(C5=CCC(c6ccc(N(c7ccccc7)c7ccc(-c8nc9ccccc9s8)cc7)cc6)C=C5)cc4)cc3)SC2C=C1. The van der Waals surface area contributed by atoms with Gasteiger partial charge in [0, 0.05) is 51.2 Å². The maximum absolute atomic E-state index is 5.01. The van der Waals surface area contributed by atoms with Crippen molar-refractivity contribution in [1.82, 2.24) is 4.98 Å². The first kappa shape index (κ1) is 38.0. The van der Waals surface area contributed by atoms with Gasteiger partial charge in [-0.15, -0.1) is 11.3 Å². The van der Waals surface area contributed by atoms with Crippen molar-refractivity contribution in [3.8, 4) is 10.6 Å². The van der Waals surface area contributed by atoms with Gasteiger partial charge in [0.2, 0.25) is 0 Å². The predicted octanol–water partition coefficient (Wildman–Crippen LogP) is 15.4. The highest BCUT2D eigenvalue weighted by molar-refractivity contribution is 8.15. The van der Waals surface area contributed by atoms with Crippen LogP contribution in [-0.4, -0.2) is 21.3 Å². The number of thioether (sulfide) groups is 1. The summed E-state index contributed by atoms with van der Waals surface area (Å²) in [7, 11) is 0. The van der Waals surface area contributed by atoms with E-state index in [1.807, 2.05) is 17.8 Å². The van der Waals surface area contributed by atoms with Crippen molar-refractivity contribution in [3.63, 3.8) is 0 Å². The first-order valence-corrected chi connectivity index (χ1v) is 22.8. The fourth-order valence-electron chi connectivity index (χ4n) is 8.54. The summed E-state index contributed by atoms with van der Waals surface area (Å²) in [6.07, 6.45) is 16.7. The molecule has 8 aromatic rings. The Labute approximate surface area is 371 Å². The van der Waals surface area contributed by atoms with Gasteiger partial charge in [0.15, 0.2) is 0 Å². The van der Waals surface area contributed by atoms with E-state index in [-0.39, 0.29) is 6.04 Å². The van der Waals surface area contributed by atoms with E-state index < -0.39 is 0 Å². The van der Waals surface area contributed by atoms with Gasteiger partial charge in [-0.05, 0) is 120 Å². The van der Waals surface area contributed by atoms with Gasteiger partial charge < -0.3 is 9.80 Å². The van der Waals surface area contributed by atoms with Crippen LogP contribution >= 0.6 is 23.1 Å². The minimum Gasteiger partial charge on any atom is -0.311 e. The number of aliphatic imine (C=N–C) groups is 1. The Kier molecular flexibility index (Phi) is 10.3. The van der Waals surface area contributed by atoms with Crippen LogP contribution in [0.3, 0.4) is 0 Å². The molecule has 1 aliphatic heterocycles. The average molecular weight is 835 g/mol. The molecule has 2 heterocycles. The van der Waals surface area contributed by atoms with Crippen LogP contribution in [0.2, 0.25) is 0 Å². The van der Waals surface area contributed by atoms with E-state index in [2.05, 4.69) is 228 Å². The Morgan fingerprint density at radius 2 is 1.02 bits per heavy atom. The van der Waals surface area contributed by atoms with Gasteiger partial charge >= 0.3 is 0 Å². The molecule has 3 unspecified atom stereocenters. The number of anilines is 6. The summed E-state index contributed by atoms with van der Waals surface area (Å²) in [6.45, 7) is 0. The van der Waals surface area contributed by atoms with Gasteiger partial charge in [0.05, 0.1) is 26.6 Å². The fraction of sp³-hybridized carbons (Fsp3) is 0.0714. The molecule has 0 fully saturated rings. The summed E-state index contributed by atoms with van der Waals surface area (Å²) in [6, 6.07) is 65.5. The molecule has 7 aromatic carbocycles. The van der Waals surface area contributed by atoms with Crippen LogP contribution < -0.4 is 9.80 Å². The Morgan fingerprint density at radius 3 is 1.60 bits per heavy atom. The number of benzene rings is 7. The van der Waals surface area contributed by atoms with Crippen LogP contribution in [0.25, 0.3) is 26.4 Å². The fourth-order valence-corrected chi connectivity index (χ4v) is 10.7. The summed E-state index contributed by atoms with van der Waals surface area (Å²) in [5, 5.41) is 2.54. The third-order valence-electron chi connectivity index (χ3n) is 11.8. The molecule has 3 atom stereocenters. The second-order valence-electron chi connectivity index (χ2n) is 15.7. The van der Waals surface area contributed by atoms with Crippen molar-refractivity contribution in [3.05, 3.63) is 241 Å². The number of allylic oxidation sites excluding steroid dienone is 6. The van der Waals surface area contributed by atoms with Crippen LogP contribution in [0.4, 0.5) is 34.1 Å². The van der Waals surface area contributed by atoms with E-state index in [9.17, 15) is 0 Å². The minimum atomic E-state index is 0.231. The molecule has 0 N–H and O–H groups in total. The van der Waals surface area contributed by atoms with E-state index in [0.29, 0.717) is 11.2 Å². The Hall–Kier alpha value is -6.99. The Balaban J connectivity index is 0.793. The first-order chi connectivity index (χ1) is 30.7. The van der Waals surface area contributed by atoms with Gasteiger partial charge in [0.1, 0.15) is 5.01 Å². The summed E-state index contributed by atoms with van der Waals surface area (Å²) >= 11 is 3.59. The molecule has 11 rings (SSSR count). The highest BCUT2D eigenvalue weighted by Crippen LogP contribution is 2.41. The third-order valence-corrected chi connectivity index (χ3v) is 14.1. The number of para-hydroxylation sites is 3. The maximum atomic E-state index is 5.01. The lowest BCUT2D eigenvalue weighted by Gasteiger charge is -2.26. The normalized spacial score (nSPS) is 17.7. The van der Waals surface area contributed by atoms with E-state index in [4.69, 9.17) is 9.98 Å². The summed E-state index contributed by atoms with van der Waals surface area (Å²) in [4.78, 5) is 14.5. The number of fused-ring (bicyclic) bond motifs is 2. The number of hydrogen-bond donors (Lipinski definition) is 0. The third kappa shape index (κ3) is 7.64. The summed E-state index contributed by atoms with van der Waals surface area (Å²) < 4.78 is 1.21. The molecule has 0 saturated heterocycles. The largest absolute Gasteiger partial charge is 0.311 e. The molecule has 0 spiro atoms. The van der Waals surface area contributed by atoms with Gasteiger partial charge in [-0.1, -0.05) is 139 Å². The maximum Gasteiger partial charge on any atom is 0.124 e. The number of rotatable bonds is 10. The minimum absolute atomic E-state index is 0.231. The molecule has 0 saturated carbocycles. The number of thiazole rings is 1. The van der Waals surface area contributed by atoms with Crippen molar-refractivity contribution in [2.75, 3.05) is 9.80 Å². The summed E-state index contributed by atoms with van der Waals surface area (Å²) in [5.74, 6) is 0.312. The van der Waals surface area contributed by atoms with Crippen LogP contribution in [0.5, 0.6) is 0 Å². The van der Waals surface area contributed by atoms with Crippen LogP contribution in [0.1, 0.15) is 29.0 Å². The molecule has 62 heavy (non-hydrogen) atoms. The van der Waals surface area contributed by atoms with Gasteiger partial charge in [-0.3, -0.25) is 4.99 Å². The molecule has 2 aliphatic carbocycles. The van der Waals surface area contributed by atoms with Gasteiger partial charge in [0.25, 0.3) is 0 Å². The second-order valence-corrected chi connectivity index (χ2v) is 17.9. The number of hydrogen-bond acceptors (Lipinski definition) is 6. The lowest BCUT2D eigenvalue weighted by molar-refractivity contribution is 0.856. The van der Waals surface area contributed by atoms with Crippen molar-refractivity contribution in [2.45, 2.75) is 23.6 Å². The summed E-state index contributed by atoms with van der Waals surface area (Å²) in [5.41, 5.74) is 13.8. The van der Waals surface area contributed by atoms with Crippen molar-refractivity contribution < 1.29 is 0 Å². The zero-order chi connectivity index (χ0) is 41.2. The number of aromatic nitrogens is 1. The van der Waals surface area contributed by atoms with Gasteiger partial charge in [-0.2, -0.15) is 0 Å². The molecule has 0 radical (unpaired) electrons. The Bertz CT molecular complexity index is 2970. The van der Waals surface area contributed by atoms with E-state index in [0.717, 1.165) is 61.7 Å². The molecule has 0 amide bonds. The quantitative estimate of drug-likeness (QED) is 0.137. The van der Waals surface area contributed by atoms with Crippen LogP contribution in [0, 0.1) is 0 Å². The number of nitrogens with zero attached hydrogens (tertiary/aromatic N) is 4. The van der Waals surface area contributed by atoms with Crippen molar-refractivity contribution in [1.29, 1.82) is 0 Å². The van der Waals surface area contributed by atoms with E-state index in [1.165, 1.54) is 27.0 Å². The average Bonchev–Trinajstić information content (AvgIpc) is 3.99. The highest BCUT2D eigenvalue weighted by atomic mass is 32.2. The monoisotopic (exact) mass is 834 g/mol. The Morgan fingerprint density at radius 1 is 0.484 bits per heavy atom. The molecule has 298 valence electrons. The molecular formula is C56H42N4S2. The second kappa shape index (κ2) is 16.8. The standard InChI is InChI=1S/C56H42N4S2/c1-3-11-45(12-4-1)59(49-35-27-43(28-36-49)55-57-51-15-7-9-17-53(51)61-55)47-31-23-41(24-32-47)39-19-21-40(22-20-39)42-25-33-48(34-26-42)60(46-13-5-2-6-14-46)50-37-29-44(30-38-50)56-58-52-16-8-10-18-54(52)62-56/h1-21,23-38,40,51,53H,22H2. The molecule has 0 bridgehead atoms. The lowest BCUT2D eigenvalue weighted by Crippen LogP contribution is -2.13. The predicted molar refractivity (Wildman–Crippen MR) is 265 cm³/mol. The van der Waals surface area contributed by atoms with Crippen LogP contribution in [0.15, 0.2) is 230 Å². The smallest absolute Gasteiger partial charge is 0.124 e. The van der Waals surface area contributed by atoms with Gasteiger partial charge in [-0.25, -0.2) is 4.98 Å². The van der Waals surface area contributed by atoms with Crippen LogP contribution in [-0.2, 0) is 0 Å². The molecule has 1 aromatic heterocycles. The van der Waals surface area contributed by atoms with E-state index >= 15 is 0 Å². The first-order valence-electron chi connectivity index (χ1n) is 21.2. The van der Waals surface area contributed by atoms with E-state index in [1.54, 1.807) is 11.3 Å². The molecule has 3 aliphatic rings.